The lowest BCUT2D eigenvalue weighted by atomic mass is 9.82. The molecule has 0 saturated carbocycles. The summed E-state index contributed by atoms with van der Waals surface area (Å²) in [6.07, 6.45) is 1.64. The minimum Gasteiger partial charge on any atom is -0.223 e. The summed E-state index contributed by atoms with van der Waals surface area (Å²) < 4.78 is 24.3. The minimum absolute atomic E-state index is 0.0859. The van der Waals surface area contributed by atoms with Gasteiger partial charge in [0.25, 0.3) is 0 Å². The van der Waals surface area contributed by atoms with Gasteiger partial charge in [-0.2, -0.15) is 0 Å². The van der Waals surface area contributed by atoms with Crippen LogP contribution in [0.1, 0.15) is 59.9 Å². The van der Waals surface area contributed by atoms with E-state index in [1.165, 1.54) is 5.56 Å². The summed E-state index contributed by atoms with van der Waals surface area (Å²) in [6, 6.07) is 7.39. The van der Waals surface area contributed by atoms with Crippen LogP contribution in [0.3, 0.4) is 0 Å². The van der Waals surface area contributed by atoms with E-state index in [9.17, 15) is 8.42 Å². The van der Waals surface area contributed by atoms with Crippen LogP contribution in [0.15, 0.2) is 29.2 Å². The predicted molar refractivity (Wildman–Crippen MR) is 81.3 cm³/mol. The first-order valence-corrected chi connectivity index (χ1v) is 8.42. The Morgan fingerprint density at radius 2 is 1.37 bits per heavy atom. The second-order valence-corrected chi connectivity index (χ2v) is 8.96. The molecule has 19 heavy (non-hydrogen) atoms. The summed E-state index contributed by atoms with van der Waals surface area (Å²) in [4.78, 5) is 0.426. The Bertz CT molecular complexity index is 522. The number of benzene rings is 1. The maximum Gasteiger partial charge on any atom is 0.183 e. The molecule has 1 aromatic carbocycles. The highest BCUT2D eigenvalue weighted by molar-refractivity contribution is 7.92. The van der Waals surface area contributed by atoms with Gasteiger partial charge in [-0.1, -0.05) is 39.8 Å². The van der Waals surface area contributed by atoms with Gasteiger partial charge in [0.15, 0.2) is 9.84 Å². The van der Waals surface area contributed by atoms with Crippen LogP contribution in [-0.4, -0.2) is 13.2 Å². The zero-order valence-corrected chi connectivity index (χ0v) is 13.8. The molecule has 0 aliphatic carbocycles. The van der Waals surface area contributed by atoms with Crippen molar-refractivity contribution in [2.75, 3.05) is 0 Å². The lowest BCUT2D eigenvalue weighted by Crippen LogP contribution is -2.31. The van der Waals surface area contributed by atoms with Gasteiger partial charge >= 0.3 is 0 Å². The van der Waals surface area contributed by atoms with Gasteiger partial charge in [0.1, 0.15) is 0 Å². The van der Waals surface area contributed by atoms with Gasteiger partial charge in [-0.3, -0.25) is 0 Å². The Kier molecular flexibility index (Phi) is 4.51. The molecular formula is C16H26O2S. The van der Waals surface area contributed by atoms with Gasteiger partial charge in [-0.15, -0.1) is 0 Å². The van der Waals surface area contributed by atoms with E-state index in [1.807, 2.05) is 19.1 Å². The number of hydrogen-bond donors (Lipinski definition) is 0. The first kappa shape index (κ1) is 16.2. The van der Waals surface area contributed by atoms with Crippen LogP contribution in [0.2, 0.25) is 0 Å². The van der Waals surface area contributed by atoms with Crippen molar-refractivity contribution in [1.82, 2.24) is 0 Å². The summed E-state index contributed by atoms with van der Waals surface area (Å²) in [5.74, 6) is 0. The van der Waals surface area contributed by atoms with Crippen molar-refractivity contribution in [2.24, 2.45) is 0 Å². The molecule has 2 nitrogen and oxygen atoms in total. The molecule has 1 aromatic rings. The molecule has 0 N–H and O–H groups in total. The number of sulfone groups is 1. The fourth-order valence-corrected chi connectivity index (χ4v) is 3.31. The van der Waals surface area contributed by atoms with Crippen LogP contribution < -0.4 is 0 Å². The zero-order valence-electron chi connectivity index (χ0n) is 12.9. The van der Waals surface area contributed by atoms with Crippen LogP contribution in [-0.2, 0) is 15.3 Å². The van der Waals surface area contributed by atoms with Gasteiger partial charge in [-0.25, -0.2) is 8.42 Å². The van der Waals surface area contributed by atoms with E-state index in [-0.39, 0.29) is 5.41 Å². The second kappa shape index (κ2) is 5.28. The maximum absolute atomic E-state index is 12.5. The fraction of sp³-hybridized carbons (Fsp3) is 0.625. The van der Waals surface area contributed by atoms with Gasteiger partial charge in [0.2, 0.25) is 0 Å². The normalized spacial score (nSPS) is 13.6. The van der Waals surface area contributed by atoms with Crippen molar-refractivity contribution >= 4 is 9.84 Å². The molecule has 0 fully saturated rings. The van der Waals surface area contributed by atoms with Crippen molar-refractivity contribution in [3.63, 3.8) is 0 Å². The lowest BCUT2D eigenvalue weighted by molar-refractivity contribution is 0.505. The molecule has 0 bridgehead atoms. The summed E-state index contributed by atoms with van der Waals surface area (Å²) >= 11 is 0. The molecule has 0 spiro atoms. The smallest absolute Gasteiger partial charge is 0.183 e. The summed E-state index contributed by atoms with van der Waals surface area (Å²) in [5.41, 5.74) is 1.27. The Hall–Kier alpha value is -0.830. The van der Waals surface area contributed by atoms with E-state index in [0.717, 1.165) is 6.42 Å². The summed E-state index contributed by atoms with van der Waals surface area (Å²) in [6.45, 7) is 12.0. The van der Waals surface area contributed by atoms with Crippen molar-refractivity contribution in [3.05, 3.63) is 29.8 Å². The van der Waals surface area contributed by atoms with E-state index < -0.39 is 14.6 Å². The van der Waals surface area contributed by atoms with Crippen LogP contribution in [0, 0.1) is 0 Å². The molecule has 0 radical (unpaired) electrons. The molecule has 0 heterocycles. The molecule has 0 aromatic heterocycles. The van der Waals surface area contributed by atoms with Gasteiger partial charge in [0.05, 0.1) is 9.64 Å². The van der Waals surface area contributed by atoms with Crippen molar-refractivity contribution in [3.8, 4) is 0 Å². The quantitative estimate of drug-likeness (QED) is 0.805. The highest BCUT2D eigenvalue weighted by atomic mass is 32.2. The topological polar surface area (TPSA) is 34.1 Å². The molecule has 0 atom stereocenters. The van der Waals surface area contributed by atoms with Gasteiger partial charge in [0, 0.05) is 0 Å². The van der Waals surface area contributed by atoms with Crippen LogP contribution in [0.25, 0.3) is 0 Å². The van der Waals surface area contributed by atoms with Gasteiger partial charge in [-0.05, 0) is 49.8 Å². The molecule has 3 heteroatoms. The summed E-state index contributed by atoms with van der Waals surface area (Å²) in [5, 5.41) is 0. The van der Waals surface area contributed by atoms with Crippen molar-refractivity contribution in [1.29, 1.82) is 0 Å². The molecule has 1 rings (SSSR count). The molecule has 0 saturated heterocycles. The summed E-state index contributed by atoms with van der Waals surface area (Å²) in [7, 11) is -3.26. The average molecular weight is 282 g/mol. The maximum atomic E-state index is 12.5. The Balaban J connectivity index is 3.21. The lowest BCUT2D eigenvalue weighted by Gasteiger charge is -2.25. The van der Waals surface area contributed by atoms with Crippen molar-refractivity contribution < 1.29 is 8.42 Å². The molecular weight excluding hydrogens is 256 g/mol. The van der Waals surface area contributed by atoms with E-state index in [4.69, 9.17) is 0 Å². The third kappa shape index (κ3) is 3.02. The second-order valence-electron chi connectivity index (χ2n) is 6.38. The number of hydrogen-bond acceptors (Lipinski definition) is 2. The Labute approximate surface area is 118 Å². The Morgan fingerprint density at radius 3 is 1.74 bits per heavy atom. The Morgan fingerprint density at radius 1 is 0.895 bits per heavy atom. The highest BCUT2D eigenvalue weighted by Gasteiger charge is 2.34. The monoisotopic (exact) mass is 282 g/mol. The molecule has 0 unspecified atom stereocenters. The minimum atomic E-state index is -3.26. The van der Waals surface area contributed by atoms with E-state index in [0.29, 0.717) is 11.3 Å². The highest BCUT2D eigenvalue weighted by Crippen LogP contribution is 2.31. The average Bonchev–Trinajstić information content (AvgIpc) is 2.38. The first-order valence-electron chi connectivity index (χ1n) is 6.93. The van der Waals surface area contributed by atoms with Crippen LogP contribution in [0.4, 0.5) is 0 Å². The predicted octanol–water partition coefficient (Wildman–Crippen LogP) is 4.34. The third-order valence-electron chi connectivity index (χ3n) is 4.41. The van der Waals surface area contributed by atoms with Crippen molar-refractivity contribution in [2.45, 2.75) is 69.4 Å². The number of rotatable bonds is 5. The molecule has 108 valence electrons. The molecule has 0 amide bonds. The van der Waals surface area contributed by atoms with E-state index >= 15 is 0 Å². The molecule has 0 aliphatic rings. The van der Waals surface area contributed by atoms with Crippen LogP contribution >= 0.6 is 0 Å². The molecule has 0 aliphatic heterocycles. The standard InChI is InChI=1S/C16H26O2S/c1-7-15(3,4)13-9-11-14(12-10-13)19(17,18)16(5,6)8-2/h9-12H,7-8H2,1-6H3. The fourth-order valence-electron chi connectivity index (χ4n) is 1.80. The first-order chi connectivity index (χ1) is 8.58. The van der Waals surface area contributed by atoms with Crippen LogP contribution in [0.5, 0.6) is 0 Å². The zero-order chi connectivity index (χ0) is 14.9. The SMILES string of the molecule is CCC(C)(C)c1ccc(S(=O)(=O)C(C)(C)CC)cc1. The van der Waals surface area contributed by atoms with E-state index in [2.05, 4.69) is 20.8 Å². The van der Waals surface area contributed by atoms with E-state index in [1.54, 1.807) is 26.0 Å². The van der Waals surface area contributed by atoms with Gasteiger partial charge < -0.3 is 0 Å². The third-order valence-corrected chi connectivity index (χ3v) is 7.05. The largest absolute Gasteiger partial charge is 0.223 e.